The number of hydrogen-bond acceptors (Lipinski definition) is 3. The SMILES string of the molecule is CC(CCC(=O)O)NC(C)c1cccs1. The number of carboxylic acids is 1. The number of carboxylic acid groups (broad SMARTS) is 1. The topological polar surface area (TPSA) is 49.3 Å². The van der Waals surface area contributed by atoms with Crippen LogP contribution < -0.4 is 5.32 Å². The van der Waals surface area contributed by atoms with Gasteiger partial charge in [0.05, 0.1) is 0 Å². The van der Waals surface area contributed by atoms with Crippen molar-refractivity contribution >= 4 is 17.3 Å². The van der Waals surface area contributed by atoms with E-state index in [1.165, 1.54) is 4.88 Å². The van der Waals surface area contributed by atoms with Crippen molar-refractivity contribution in [3.05, 3.63) is 22.4 Å². The maximum absolute atomic E-state index is 10.4. The molecule has 15 heavy (non-hydrogen) atoms. The summed E-state index contributed by atoms with van der Waals surface area (Å²) < 4.78 is 0. The van der Waals surface area contributed by atoms with Gasteiger partial charge in [0.25, 0.3) is 0 Å². The molecule has 0 aliphatic carbocycles. The lowest BCUT2D eigenvalue weighted by atomic mass is 10.1. The van der Waals surface area contributed by atoms with Crippen LogP contribution in [0.4, 0.5) is 0 Å². The van der Waals surface area contributed by atoms with Crippen molar-refractivity contribution in [3.8, 4) is 0 Å². The summed E-state index contributed by atoms with van der Waals surface area (Å²) >= 11 is 1.72. The first kappa shape index (κ1) is 12.2. The summed E-state index contributed by atoms with van der Waals surface area (Å²) in [5.41, 5.74) is 0. The van der Waals surface area contributed by atoms with Crippen molar-refractivity contribution in [2.75, 3.05) is 0 Å². The second-order valence-corrected chi connectivity index (χ2v) is 4.72. The predicted molar refractivity (Wildman–Crippen MR) is 62.2 cm³/mol. The van der Waals surface area contributed by atoms with E-state index in [0.717, 1.165) is 0 Å². The second-order valence-electron chi connectivity index (χ2n) is 3.74. The van der Waals surface area contributed by atoms with Crippen LogP contribution in [0.1, 0.15) is 37.6 Å². The monoisotopic (exact) mass is 227 g/mol. The molecule has 84 valence electrons. The fourth-order valence-corrected chi connectivity index (χ4v) is 2.21. The highest BCUT2D eigenvalue weighted by molar-refractivity contribution is 7.10. The smallest absolute Gasteiger partial charge is 0.303 e. The Kier molecular flexibility index (Phi) is 4.78. The maximum Gasteiger partial charge on any atom is 0.303 e. The number of carbonyl (C=O) groups is 1. The van der Waals surface area contributed by atoms with Gasteiger partial charge in [-0.05, 0) is 31.7 Å². The average Bonchev–Trinajstić information content (AvgIpc) is 2.67. The molecule has 1 aromatic heterocycles. The Morgan fingerprint density at radius 1 is 1.60 bits per heavy atom. The van der Waals surface area contributed by atoms with Crippen LogP contribution in [0.2, 0.25) is 0 Å². The Morgan fingerprint density at radius 2 is 2.33 bits per heavy atom. The van der Waals surface area contributed by atoms with E-state index in [9.17, 15) is 4.79 Å². The van der Waals surface area contributed by atoms with Gasteiger partial charge in [-0.2, -0.15) is 0 Å². The minimum Gasteiger partial charge on any atom is -0.481 e. The highest BCUT2D eigenvalue weighted by Gasteiger charge is 2.11. The quantitative estimate of drug-likeness (QED) is 0.785. The molecule has 0 saturated heterocycles. The fraction of sp³-hybridized carbons (Fsp3) is 0.545. The van der Waals surface area contributed by atoms with Crippen LogP contribution in [0.15, 0.2) is 17.5 Å². The number of thiophene rings is 1. The lowest BCUT2D eigenvalue weighted by molar-refractivity contribution is -0.137. The molecular weight excluding hydrogens is 210 g/mol. The third-order valence-electron chi connectivity index (χ3n) is 2.30. The molecule has 2 atom stereocenters. The zero-order chi connectivity index (χ0) is 11.3. The van der Waals surface area contributed by atoms with Crippen LogP contribution >= 0.6 is 11.3 Å². The highest BCUT2D eigenvalue weighted by atomic mass is 32.1. The maximum atomic E-state index is 10.4. The fourth-order valence-electron chi connectivity index (χ4n) is 1.47. The van der Waals surface area contributed by atoms with Crippen molar-refractivity contribution in [2.45, 2.75) is 38.8 Å². The van der Waals surface area contributed by atoms with Gasteiger partial charge in [0, 0.05) is 23.4 Å². The van der Waals surface area contributed by atoms with Crippen molar-refractivity contribution < 1.29 is 9.90 Å². The minimum atomic E-state index is -0.729. The first-order chi connectivity index (χ1) is 7.09. The van der Waals surface area contributed by atoms with Gasteiger partial charge in [0.15, 0.2) is 0 Å². The van der Waals surface area contributed by atoms with Crippen LogP contribution in [0.5, 0.6) is 0 Å². The zero-order valence-electron chi connectivity index (χ0n) is 9.06. The largest absolute Gasteiger partial charge is 0.481 e. The molecule has 1 heterocycles. The predicted octanol–water partition coefficient (Wildman–Crippen LogP) is 2.65. The van der Waals surface area contributed by atoms with Crippen molar-refractivity contribution in [1.29, 1.82) is 0 Å². The first-order valence-corrected chi connectivity index (χ1v) is 5.99. The van der Waals surface area contributed by atoms with Crippen LogP contribution in [-0.4, -0.2) is 17.1 Å². The molecule has 0 spiro atoms. The summed E-state index contributed by atoms with van der Waals surface area (Å²) in [6.45, 7) is 4.12. The van der Waals surface area contributed by atoms with E-state index in [2.05, 4.69) is 23.7 Å². The van der Waals surface area contributed by atoms with E-state index in [4.69, 9.17) is 5.11 Å². The minimum absolute atomic E-state index is 0.228. The standard InChI is InChI=1S/C11H17NO2S/c1-8(5-6-11(13)14)12-9(2)10-4-3-7-15-10/h3-4,7-9,12H,5-6H2,1-2H3,(H,13,14). The Labute approximate surface area is 94.1 Å². The van der Waals surface area contributed by atoms with Crippen LogP contribution in [0.3, 0.4) is 0 Å². The number of hydrogen-bond donors (Lipinski definition) is 2. The van der Waals surface area contributed by atoms with Gasteiger partial charge in [-0.3, -0.25) is 4.79 Å². The van der Waals surface area contributed by atoms with Gasteiger partial charge in [0.1, 0.15) is 0 Å². The number of nitrogens with one attached hydrogen (secondary N) is 1. The summed E-state index contributed by atoms with van der Waals surface area (Å²) in [7, 11) is 0. The Hall–Kier alpha value is -0.870. The van der Waals surface area contributed by atoms with E-state index < -0.39 is 5.97 Å². The Bertz CT molecular complexity index is 298. The molecule has 0 fully saturated rings. The van der Waals surface area contributed by atoms with E-state index in [-0.39, 0.29) is 12.5 Å². The first-order valence-electron chi connectivity index (χ1n) is 5.11. The summed E-state index contributed by atoms with van der Waals surface area (Å²) in [4.78, 5) is 11.7. The highest BCUT2D eigenvalue weighted by Crippen LogP contribution is 2.19. The van der Waals surface area contributed by atoms with Gasteiger partial charge in [-0.15, -0.1) is 11.3 Å². The Balaban J connectivity index is 2.31. The lowest BCUT2D eigenvalue weighted by Gasteiger charge is -2.18. The molecule has 0 radical (unpaired) electrons. The van der Waals surface area contributed by atoms with Crippen LogP contribution in [0, 0.1) is 0 Å². The molecule has 0 aliphatic heterocycles. The molecule has 2 N–H and O–H groups in total. The van der Waals surface area contributed by atoms with Crippen LogP contribution in [-0.2, 0) is 4.79 Å². The van der Waals surface area contributed by atoms with E-state index >= 15 is 0 Å². The van der Waals surface area contributed by atoms with Crippen molar-refractivity contribution in [3.63, 3.8) is 0 Å². The van der Waals surface area contributed by atoms with Crippen molar-refractivity contribution in [1.82, 2.24) is 5.32 Å². The van der Waals surface area contributed by atoms with Crippen LogP contribution in [0.25, 0.3) is 0 Å². The van der Waals surface area contributed by atoms with E-state index in [1.807, 2.05) is 13.0 Å². The third kappa shape index (κ3) is 4.44. The van der Waals surface area contributed by atoms with E-state index in [0.29, 0.717) is 12.5 Å². The zero-order valence-corrected chi connectivity index (χ0v) is 9.88. The molecule has 1 aromatic rings. The summed E-state index contributed by atoms with van der Waals surface area (Å²) in [6, 6.07) is 4.65. The number of rotatable bonds is 6. The molecule has 0 amide bonds. The summed E-state index contributed by atoms with van der Waals surface area (Å²) in [6.07, 6.45) is 0.899. The van der Waals surface area contributed by atoms with Gasteiger partial charge in [-0.25, -0.2) is 0 Å². The summed E-state index contributed by atoms with van der Waals surface area (Å²) in [5.74, 6) is -0.729. The number of aliphatic carboxylic acids is 1. The third-order valence-corrected chi connectivity index (χ3v) is 3.35. The average molecular weight is 227 g/mol. The Morgan fingerprint density at radius 3 is 2.87 bits per heavy atom. The molecule has 0 bridgehead atoms. The molecule has 4 heteroatoms. The molecule has 0 aromatic carbocycles. The van der Waals surface area contributed by atoms with Crippen molar-refractivity contribution in [2.24, 2.45) is 0 Å². The van der Waals surface area contributed by atoms with Gasteiger partial charge >= 0.3 is 5.97 Å². The van der Waals surface area contributed by atoms with Gasteiger partial charge in [0.2, 0.25) is 0 Å². The molecule has 1 rings (SSSR count). The second kappa shape index (κ2) is 5.88. The lowest BCUT2D eigenvalue weighted by Crippen LogP contribution is -2.29. The molecule has 2 unspecified atom stereocenters. The van der Waals surface area contributed by atoms with Gasteiger partial charge < -0.3 is 10.4 Å². The molecule has 0 aliphatic rings. The van der Waals surface area contributed by atoms with Gasteiger partial charge in [-0.1, -0.05) is 6.07 Å². The normalized spacial score (nSPS) is 14.8. The molecular formula is C11H17NO2S. The summed E-state index contributed by atoms with van der Waals surface area (Å²) in [5, 5.41) is 14.0. The van der Waals surface area contributed by atoms with E-state index in [1.54, 1.807) is 11.3 Å². The molecule has 0 saturated carbocycles. The molecule has 3 nitrogen and oxygen atoms in total.